The van der Waals surface area contributed by atoms with Gasteiger partial charge in [-0.2, -0.15) is 8.78 Å². The number of methoxy groups -OCH3 is 1. The van der Waals surface area contributed by atoms with Gasteiger partial charge in [0.25, 0.3) is 0 Å². The van der Waals surface area contributed by atoms with Gasteiger partial charge in [0.2, 0.25) is 0 Å². The molecule has 9 heteroatoms. The lowest BCUT2D eigenvalue weighted by Crippen LogP contribution is -2.42. The van der Waals surface area contributed by atoms with Crippen molar-refractivity contribution in [2.45, 2.75) is 39.3 Å². The maximum Gasteiger partial charge on any atom is 0.387 e. The van der Waals surface area contributed by atoms with Crippen LogP contribution >= 0.6 is 24.0 Å². The monoisotopic (exact) mass is 526 g/mol. The van der Waals surface area contributed by atoms with Gasteiger partial charge in [0.15, 0.2) is 5.96 Å². The predicted octanol–water partition coefficient (Wildman–Crippen LogP) is 3.70. The van der Waals surface area contributed by atoms with E-state index in [0.29, 0.717) is 29.7 Å². The Hall–Kier alpha value is -1.36. The molecule has 0 aromatic heterocycles. The maximum atomic E-state index is 12.6. The van der Waals surface area contributed by atoms with Crippen LogP contribution in [0.3, 0.4) is 0 Å². The second-order valence-corrected chi connectivity index (χ2v) is 6.94. The number of guanidine groups is 1. The Kier molecular flexibility index (Phi) is 12.2. The standard InChI is InChI=1S/C20H32F2N4O2.HI/c1-4-9-26-10-7-15(8-11-26)13-24-20(23-2)25-14-16-12-17(27-3)5-6-18(16)28-19(21)22;/h5-6,12,15,19H,4,7-11,13-14H2,1-3H3,(H2,23,24,25);1H. The molecule has 0 saturated carbocycles. The lowest BCUT2D eigenvalue weighted by molar-refractivity contribution is -0.0504. The summed E-state index contributed by atoms with van der Waals surface area (Å²) in [4.78, 5) is 6.74. The summed E-state index contributed by atoms with van der Waals surface area (Å²) in [6, 6.07) is 4.77. The van der Waals surface area contributed by atoms with Crippen LogP contribution in [-0.2, 0) is 6.54 Å². The molecule has 29 heavy (non-hydrogen) atoms. The number of alkyl halides is 2. The molecular formula is C20H33F2IN4O2. The Morgan fingerprint density at radius 2 is 2.00 bits per heavy atom. The van der Waals surface area contributed by atoms with Gasteiger partial charge in [-0.3, -0.25) is 4.99 Å². The Morgan fingerprint density at radius 3 is 2.59 bits per heavy atom. The molecular weight excluding hydrogens is 493 g/mol. The van der Waals surface area contributed by atoms with Crippen LogP contribution in [0.5, 0.6) is 11.5 Å². The average Bonchev–Trinajstić information content (AvgIpc) is 2.70. The predicted molar refractivity (Wildman–Crippen MR) is 123 cm³/mol. The summed E-state index contributed by atoms with van der Waals surface area (Å²) in [6.07, 6.45) is 3.54. The fourth-order valence-corrected chi connectivity index (χ4v) is 3.40. The number of halogens is 3. The summed E-state index contributed by atoms with van der Waals surface area (Å²) < 4.78 is 35.1. The summed E-state index contributed by atoms with van der Waals surface area (Å²) in [6.45, 7) is 3.94. The van der Waals surface area contributed by atoms with Crippen molar-refractivity contribution in [1.29, 1.82) is 0 Å². The Morgan fingerprint density at radius 1 is 1.28 bits per heavy atom. The molecule has 1 aromatic rings. The topological polar surface area (TPSA) is 58.1 Å². The molecule has 0 unspecified atom stereocenters. The summed E-state index contributed by atoms with van der Waals surface area (Å²) >= 11 is 0. The summed E-state index contributed by atoms with van der Waals surface area (Å²) in [7, 11) is 3.23. The molecule has 2 rings (SSSR count). The minimum Gasteiger partial charge on any atom is -0.497 e. The first-order valence-electron chi connectivity index (χ1n) is 9.84. The van der Waals surface area contributed by atoms with Crippen molar-refractivity contribution in [3.63, 3.8) is 0 Å². The molecule has 2 N–H and O–H groups in total. The fourth-order valence-electron chi connectivity index (χ4n) is 3.40. The smallest absolute Gasteiger partial charge is 0.387 e. The van der Waals surface area contributed by atoms with Crippen molar-refractivity contribution in [2.75, 3.05) is 40.3 Å². The molecule has 0 amide bonds. The SMILES string of the molecule is CCCN1CCC(CNC(=NC)NCc2cc(OC)ccc2OC(F)F)CC1.I. The molecule has 0 spiro atoms. The first-order valence-corrected chi connectivity index (χ1v) is 9.84. The highest BCUT2D eigenvalue weighted by Crippen LogP contribution is 2.25. The number of likely N-dealkylation sites (tertiary alicyclic amines) is 1. The van der Waals surface area contributed by atoms with Crippen molar-refractivity contribution in [2.24, 2.45) is 10.9 Å². The number of ether oxygens (including phenoxy) is 2. The normalized spacial score (nSPS) is 15.7. The van der Waals surface area contributed by atoms with Crippen LogP contribution < -0.4 is 20.1 Å². The number of aliphatic imine (C=N–C) groups is 1. The number of nitrogens with one attached hydrogen (secondary N) is 2. The van der Waals surface area contributed by atoms with Crippen LogP contribution in [0.15, 0.2) is 23.2 Å². The van der Waals surface area contributed by atoms with Gasteiger partial charge in [0.05, 0.1) is 7.11 Å². The number of hydrogen-bond donors (Lipinski definition) is 2. The Labute approximate surface area is 189 Å². The number of nitrogens with zero attached hydrogens (tertiary/aromatic N) is 2. The van der Waals surface area contributed by atoms with Crippen LogP contribution in [0.2, 0.25) is 0 Å². The van der Waals surface area contributed by atoms with Gasteiger partial charge in [0, 0.05) is 25.7 Å². The van der Waals surface area contributed by atoms with Crippen molar-refractivity contribution in [1.82, 2.24) is 15.5 Å². The summed E-state index contributed by atoms with van der Waals surface area (Å²) in [5.74, 6) is 1.96. The number of benzene rings is 1. The first-order chi connectivity index (χ1) is 13.5. The lowest BCUT2D eigenvalue weighted by atomic mass is 9.97. The first kappa shape index (κ1) is 25.7. The average molecular weight is 526 g/mol. The third-order valence-electron chi connectivity index (χ3n) is 4.96. The third kappa shape index (κ3) is 8.90. The third-order valence-corrected chi connectivity index (χ3v) is 4.96. The van der Waals surface area contributed by atoms with Crippen molar-refractivity contribution in [3.05, 3.63) is 23.8 Å². The van der Waals surface area contributed by atoms with Crippen LogP contribution in [0, 0.1) is 5.92 Å². The number of piperidine rings is 1. The van der Waals surface area contributed by atoms with E-state index in [2.05, 4.69) is 32.2 Å². The van der Waals surface area contributed by atoms with Crippen molar-refractivity contribution < 1.29 is 18.3 Å². The summed E-state index contributed by atoms with van der Waals surface area (Å²) in [5.41, 5.74) is 0.579. The van der Waals surface area contributed by atoms with E-state index in [0.717, 1.165) is 19.6 Å². The molecule has 1 saturated heterocycles. The largest absolute Gasteiger partial charge is 0.497 e. The molecule has 0 bridgehead atoms. The molecule has 1 fully saturated rings. The summed E-state index contributed by atoms with van der Waals surface area (Å²) in [5, 5.41) is 6.51. The van der Waals surface area contributed by atoms with Crippen molar-refractivity contribution in [3.8, 4) is 11.5 Å². The quantitative estimate of drug-likeness (QED) is 0.292. The maximum absolute atomic E-state index is 12.6. The van der Waals surface area contributed by atoms with Gasteiger partial charge in [-0.15, -0.1) is 24.0 Å². The molecule has 0 aliphatic carbocycles. The highest BCUT2D eigenvalue weighted by Gasteiger charge is 2.19. The molecule has 0 atom stereocenters. The minimum absolute atomic E-state index is 0. The van der Waals surface area contributed by atoms with Gasteiger partial charge in [0.1, 0.15) is 11.5 Å². The lowest BCUT2D eigenvalue weighted by Gasteiger charge is -2.32. The molecule has 6 nitrogen and oxygen atoms in total. The fraction of sp³-hybridized carbons (Fsp3) is 0.650. The van der Waals surface area contributed by atoms with E-state index in [1.807, 2.05) is 0 Å². The molecule has 1 aliphatic rings. The van der Waals surface area contributed by atoms with Crippen molar-refractivity contribution >= 4 is 29.9 Å². The van der Waals surface area contributed by atoms with Crippen LogP contribution in [0.25, 0.3) is 0 Å². The molecule has 0 radical (unpaired) electrons. The zero-order valence-electron chi connectivity index (χ0n) is 17.4. The van der Waals surface area contributed by atoms with E-state index in [4.69, 9.17) is 4.74 Å². The van der Waals surface area contributed by atoms with E-state index in [-0.39, 0.29) is 29.7 Å². The Bertz CT molecular complexity index is 626. The van der Waals surface area contributed by atoms with Crippen LogP contribution in [0.1, 0.15) is 31.7 Å². The minimum atomic E-state index is -2.87. The highest BCUT2D eigenvalue weighted by atomic mass is 127. The van der Waals surface area contributed by atoms with E-state index in [1.165, 1.54) is 39.0 Å². The van der Waals surface area contributed by atoms with E-state index >= 15 is 0 Å². The number of rotatable bonds is 9. The number of hydrogen-bond acceptors (Lipinski definition) is 4. The van der Waals surface area contributed by atoms with E-state index in [9.17, 15) is 8.78 Å². The van der Waals surface area contributed by atoms with Gasteiger partial charge in [-0.05, 0) is 63.0 Å². The van der Waals surface area contributed by atoms with E-state index in [1.54, 1.807) is 19.2 Å². The van der Waals surface area contributed by atoms with Gasteiger partial charge in [-0.1, -0.05) is 6.92 Å². The molecule has 1 heterocycles. The zero-order chi connectivity index (χ0) is 20.4. The van der Waals surface area contributed by atoms with E-state index < -0.39 is 6.61 Å². The van der Waals surface area contributed by atoms with Gasteiger partial charge >= 0.3 is 6.61 Å². The molecule has 1 aliphatic heterocycles. The molecule has 166 valence electrons. The second kappa shape index (κ2) is 13.8. The van der Waals surface area contributed by atoms with Crippen LogP contribution in [0.4, 0.5) is 8.78 Å². The Balaban J connectivity index is 0.00000420. The second-order valence-electron chi connectivity index (χ2n) is 6.94. The van der Waals surface area contributed by atoms with Gasteiger partial charge in [-0.25, -0.2) is 0 Å². The highest BCUT2D eigenvalue weighted by molar-refractivity contribution is 14.0. The van der Waals surface area contributed by atoms with Crippen LogP contribution in [-0.4, -0.2) is 57.8 Å². The molecule has 1 aromatic carbocycles. The van der Waals surface area contributed by atoms with Gasteiger partial charge < -0.3 is 25.0 Å². The zero-order valence-corrected chi connectivity index (χ0v) is 19.7.